The maximum Gasteiger partial charge on any atom is 0.323 e. The third-order valence-electron chi connectivity index (χ3n) is 6.29. The molecule has 0 spiro atoms. The van der Waals surface area contributed by atoms with Crippen molar-refractivity contribution in [2.24, 2.45) is 0 Å². The van der Waals surface area contributed by atoms with Crippen LogP contribution in [0.3, 0.4) is 0 Å². The van der Waals surface area contributed by atoms with Gasteiger partial charge in [0.1, 0.15) is 11.7 Å². The van der Waals surface area contributed by atoms with E-state index in [0.717, 1.165) is 27.8 Å². The molecule has 0 bridgehead atoms. The molecule has 0 amide bonds. The molecule has 1 aliphatic rings. The molecule has 3 aromatic carbocycles. The van der Waals surface area contributed by atoms with Crippen molar-refractivity contribution < 1.29 is 9.53 Å². The van der Waals surface area contributed by atoms with Crippen molar-refractivity contribution in [3.05, 3.63) is 102 Å². The zero-order chi connectivity index (χ0) is 22.4. The summed E-state index contributed by atoms with van der Waals surface area (Å²) < 4.78 is 5.89. The zero-order valence-electron chi connectivity index (χ0n) is 19.0. The smallest absolute Gasteiger partial charge is 0.323 e. The molecule has 1 aliphatic heterocycles. The van der Waals surface area contributed by atoms with E-state index in [1.807, 2.05) is 36.4 Å². The Morgan fingerprint density at radius 1 is 0.871 bits per heavy atom. The Morgan fingerprint density at radius 2 is 1.48 bits per heavy atom. The van der Waals surface area contributed by atoms with Crippen LogP contribution in [0, 0.1) is 0 Å². The molecule has 3 aromatic rings. The van der Waals surface area contributed by atoms with Gasteiger partial charge in [0.25, 0.3) is 0 Å². The minimum Gasteiger partial charge on any atom is -0.425 e. The molecule has 1 heterocycles. The van der Waals surface area contributed by atoms with E-state index < -0.39 is 5.92 Å². The monoisotopic (exact) mass is 410 g/mol. The summed E-state index contributed by atoms with van der Waals surface area (Å²) in [6, 6.07) is 22.8. The van der Waals surface area contributed by atoms with Crippen molar-refractivity contribution in [1.82, 2.24) is 0 Å². The van der Waals surface area contributed by atoms with Gasteiger partial charge in [-0.25, -0.2) is 0 Å². The van der Waals surface area contributed by atoms with Gasteiger partial charge in [-0.2, -0.15) is 0 Å². The number of rotatable bonds is 4. The maximum absolute atomic E-state index is 13.1. The fourth-order valence-electron chi connectivity index (χ4n) is 4.10. The van der Waals surface area contributed by atoms with Crippen LogP contribution in [-0.2, 0) is 15.6 Å². The first kappa shape index (κ1) is 21.1. The van der Waals surface area contributed by atoms with Crippen LogP contribution in [0.1, 0.15) is 62.8 Å². The number of allylic oxidation sites excluding steroid dienone is 1. The standard InChI is InChI=1S/C29H30O2/c1-7-29(5,6)24-18-22(28(2,3)4)17-23-25(27(30)31-26(23)24)21-15-13-20(14-16-21)19-11-9-8-10-12-19/h7-18,25H,1H2,2-6H3. The van der Waals surface area contributed by atoms with Crippen molar-refractivity contribution in [2.45, 2.75) is 51.4 Å². The molecule has 2 nitrogen and oxygen atoms in total. The molecule has 0 saturated heterocycles. The Kier molecular flexibility index (Phi) is 5.13. The third kappa shape index (κ3) is 3.83. The Morgan fingerprint density at radius 3 is 2.06 bits per heavy atom. The van der Waals surface area contributed by atoms with Crippen LogP contribution in [0.15, 0.2) is 79.4 Å². The van der Waals surface area contributed by atoms with Gasteiger partial charge in [0.15, 0.2) is 0 Å². The number of carbonyl (C=O) groups is 1. The van der Waals surface area contributed by atoms with Crippen LogP contribution in [-0.4, -0.2) is 5.97 Å². The molecule has 0 radical (unpaired) electrons. The normalized spacial score (nSPS) is 16.0. The zero-order valence-corrected chi connectivity index (χ0v) is 19.0. The molecule has 2 heteroatoms. The molecule has 1 atom stereocenters. The molecule has 0 N–H and O–H groups in total. The van der Waals surface area contributed by atoms with E-state index in [9.17, 15) is 4.79 Å². The Hall–Kier alpha value is -3.13. The fraction of sp³-hybridized carbons (Fsp3) is 0.276. The summed E-state index contributed by atoms with van der Waals surface area (Å²) in [5.41, 5.74) is 6.06. The molecule has 0 aliphatic carbocycles. The van der Waals surface area contributed by atoms with Gasteiger partial charge >= 0.3 is 5.97 Å². The second-order valence-corrected chi connectivity index (χ2v) is 9.96. The van der Waals surface area contributed by atoms with Crippen LogP contribution in [0.5, 0.6) is 5.75 Å². The minimum absolute atomic E-state index is 0.0472. The number of benzene rings is 3. The first-order valence-corrected chi connectivity index (χ1v) is 10.8. The van der Waals surface area contributed by atoms with E-state index in [2.05, 4.69) is 77.6 Å². The van der Waals surface area contributed by atoms with Crippen LogP contribution >= 0.6 is 0 Å². The summed E-state index contributed by atoms with van der Waals surface area (Å²) >= 11 is 0. The van der Waals surface area contributed by atoms with E-state index in [-0.39, 0.29) is 16.8 Å². The molecular weight excluding hydrogens is 380 g/mol. The molecular formula is C29H30O2. The van der Waals surface area contributed by atoms with Crippen LogP contribution in [0.25, 0.3) is 11.1 Å². The average Bonchev–Trinajstić information content (AvgIpc) is 3.08. The van der Waals surface area contributed by atoms with Crippen LogP contribution in [0.4, 0.5) is 0 Å². The minimum atomic E-state index is -0.415. The molecule has 4 rings (SSSR count). The van der Waals surface area contributed by atoms with Crippen molar-refractivity contribution in [3.8, 4) is 16.9 Å². The lowest BCUT2D eigenvalue weighted by molar-refractivity contribution is -0.133. The molecule has 158 valence electrons. The number of carbonyl (C=O) groups excluding carboxylic acids is 1. The third-order valence-corrected chi connectivity index (χ3v) is 6.29. The van der Waals surface area contributed by atoms with E-state index >= 15 is 0 Å². The highest BCUT2D eigenvalue weighted by Crippen LogP contribution is 2.47. The van der Waals surface area contributed by atoms with Crippen molar-refractivity contribution >= 4 is 5.97 Å². The van der Waals surface area contributed by atoms with E-state index in [4.69, 9.17) is 4.74 Å². The first-order chi connectivity index (χ1) is 14.6. The van der Waals surface area contributed by atoms with E-state index in [0.29, 0.717) is 5.75 Å². The Balaban J connectivity index is 1.84. The topological polar surface area (TPSA) is 26.3 Å². The van der Waals surface area contributed by atoms with Gasteiger partial charge in [-0.3, -0.25) is 4.79 Å². The van der Waals surface area contributed by atoms with Crippen LogP contribution in [0.2, 0.25) is 0 Å². The second-order valence-electron chi connectivity index (χ2n) is 9.96. The van der Waals surface area contributed by atoms with Gasteiger partial charge in [-0.05, 0) is 27.7 Å². The Bertz CT molecular complexity index is 1130. The lowest BCUT2D eigenvalue weighted by Gasteiger charge is -2.27. The van der Waals surface area contributed by atoms with Gasteiger partial charge in [-0.15, -0.1) is 6.58 Å². The second kappa shape index (κ2) is 7.53. The molecule has 1 unspecified atom stereocenters. The van der Waals surface area contributed by atoms with E-state index in [1.54, 1.807) is 0 Å². The molecule has 0 aromatic heterocycles. The quantitative estimate of drug-likeness (QED) is 0.259. The van der Waals surface area contributed by atoms with Crippen molar-refractivity contribution in [1.29, 1.82) is 0 Å². The average molecular weight is 411 g/mol. The van der Waals surface area contributed by atoms with Crippen LogP contribution < -0.4 is 4.74 Å². The number of hydrogen-bond donors (Lipinski definition) is 0. The first-order valence-electron chi connectivity index (χ1n) is 10.8. The molecule has 31 heavy (non-hydrogen) atoms. The fourth-order valence-corrected chi connectivity index (χ4v) is 4.10. The van der Waals surface area contributed by atoms with Gasteiger partial charge in [0, 0.05) is 16.5 Å². The summed E-state index contributed by atoms with van der Waals surface area (Å²) in [6.07, 6.45) is 1.92. The lowest BCUT2D eigenvalue weighted by atomic mass is 9.76. The largest absolute Gasteiger partial charge is 0.425 e. The maximum atomic E-state index is 13.1. The van der Waals surface area contributed by atoms with Crippen molar-refractivity contribution in [2.75, 3.05) is 0 Å². The number of ether oxygens (including phenoxy) is 1. The predicted octanol–water partition coefficient (Wildman–Crippen LogP) is 7.17. The highest BCUT2D eigenvalue weighted by atomic mass is 16.5. The summed E-state index contributed by atoms with van der Waals surface area (Å²) in [6.45, 7) is 14.8. The summed E-state index contributed by atoms with van der Waals surface area (Å²) in [5, 5.41) is 0. The van der Waals surface area contributed by atoms with Gasteiger partial charge in [0.2, 0.25) is 0 Å². The summed E-state index contributed by atoms with van der Waals surface area (Å²) in [4.78, 5) is 13.1. The highest BCUT2D eigenvalue weighted by Gasteiger charge is 2.39. The summed E-state index contributed by atoms with van der Waals surface area (Å²) in [7, 11) is 0. The number of esters is 1. The van der Waals surface area contributed by atoms with Gasteiger partial charge in [-0.1, -0.05) is 107 Å². The number of fused-ring (bicyclic) bond motifs is 1. The van der Waals surface area contributed by atoms with E-state index in [1.165, 1.54) is 5.56 Å². The van der Waals surface area contributed by atoms with Crippen molar-refractivity contribution in [3.63, 3.8) is 0 Å². The molecule has 0 saturated carbocycles. The van der Waals surface area contributed by atoms with Gasteiger partial charge < -0.3 is 4.74 Å². The SMILES string of the molecule is C=CC(C)(C)c1cc(C(C)(C)C)cc2c1OC(=O)C2c1ccc(-c2ccccc2)cc1. The molecule has 0 fully saturated rings. The highest BCUT2D eigenvalue weighted by molar-refractivity contribution is 5.90. The summed E-state index contributed by atoms with van der Waals surface area (Å²) in [5.74, 6) is 0.0659. The predicted molar refractivity (Wildman–Crippen MR) is 128 cm³/mol. The lowest BCUT2D eigenvalue weighted by Crippen LogP contribution is -2.18. The van der Waals surface area contributed by atoms with Gasteiger partial charge in [0.05, 0.1) is 0 Å². The Labute approximate surface area is 185 Å². The number of hydrogen-bond acceptors (Lipinski definition) is 2.